The number of carbonyl (C=O) groups is 1. The van der Waals surface area contributed by atoms with E-state index >= 15 is 0 Å². The van der Waals surface area contributed by atoms with Crippen LogP contribution in [0.1, 0.15) is 26.2 Å². The van der Waals surface area contributed by atoms with Gasteiger partial charge in [-0.2, -0.15) is 8.78 Å². The molecule has 3 nitrogen and oxygen atoms in total. The lowest BCUT2D eigenvalue weighted by Crippen LogP contribution is -2.30. The summed E-state index contributed by atoms with van der Waals surface area (Å²) < 4.78 is 40.9. The number of hydrogen-bond acceptors (Lipinski definition) is 3. The highest BCUT2D eigenvalue weighted by Gasteiger charge is 2.42. The first-order valence-electron chi connectivity index (χ1n) is 4.34. The third-order valence-corrected chi connectivity index (χ3v) is 2.68. The van der Waals surface area contributed by atoms with E-state index in [1.54, 1.807) is 6.92 Å². The Morgan fingerprint density at radius 1 is 1.50 bits per heavy atom. The number of alkyl halides is 2. The van der Waals surface area contributed by atoms with Gasteiger partial charge in [-0.1, -0.05) is 13.3 Å². The molecule has 0 N–H and O–H groups in total. The van der Waals surface area contributed by atoms with Crippen LogP contribution in [0.5, 0.6) is 0 Å². The van der Waals surface area contributed by atoms with Crippen molar-refractivity contribution >= 4 is 13.8 Å². The lowest BCUT2D eigenvalue weighted by molar-refractivity contribution is -0.141. The van der Waals surface area contributed by atoms with Crippen molar-refractivity contribution in [2.75, 3.05) is 13.3 Å². The summed E-state index contributed by atoms with van der Waals surface area (Å²) in [6, 6.07) is 0. The maximum Gasteiger partial charge on any atom is 0.516 e. The van der Waals surface area contributed by atoms with Gasteiger partial charge in [0, 0.05) is 6.42 Å². The zero-order chi connectivity index (χ0) is 11.2. The number of halogens is 2. The third-order valence-electron chi connectivity index (χ3n) is 1.73. The van der Waals surface area contributed by atoms with Crippen molar-refractivity contribution in [1.82, 2.24) is 0 Å². The number of hydrogen-bond donors (Lipinski definition) is 0. The highest BCUT2D eigenvalue weighted by Crippen LogP contribution is 2.28. The fourth-order valence-corrected chi connectivity index (χ4v) is 1.43. The van der Waals surface area contributed by atoms with E-state index in [9.17, 15) is 18.1 Å². The van der Waals surface area contributed by atoms with Gasteiger partial charge in [0.2, 0.25) is 6.16 Å². The minimum atomic E-state index is -3.36. The Morgan fingerprint density at radius 3 is 2.50 bits per heavy atom. The van der Waals surface area contributed by atoms with E-state index in [4.69, 9.17) is 0 Å². The molecule has 0 bridgehead atoms. The molecule has 0 aromatic heterocycles. The van der Waals surface area contributed by atoms with E-state index in [0.717, 1.165) is 7.11 Å². The Balaban J connectivity index is 4.13. The zero-order valence-electron chi connectivity index (χ0n) is 8.26. The van der Waals surface area contributed by atoms with Gasteiger partial charge in [0.1, 0.15) is 0 Å². The van der Waals surface area contributed by atoms with Crippen LogP contribution in [-0.2, 0) is 13.9 Å². The average molecular weight is 227 g/mol. The average Bonchev–Trinajstić information content (AvgIpc) is 2.14. The molecule has 0 fully saturated rings. The minimum Gasteiger partial charge on any atom is -0.288 e. The Morgan fingerprint density at radius 2 is 2.07 bits per heavy atom. The van der Waals surface area contributed by atoms with Crippen molar-refractivity contribution < 1.29 is 22.7 Å². The molecule has 82 valence electrons. The van der Waals surface area contributed by atoms with Crippen molar-refractivity contribution in [1.29, 1.82) is 0 Å². The number of rotatable bonds is 7. The lowest BCUT2D eigenvalue weighted by atomic mass is 10.1. The van der Waals surface area contributed by atoms with Crippen LogP contribution in [0.3, 0.4) is 0 Å². The number of ketones is 1. The fraction of sp³-hybridized carbons (Fsp3) is 0.875. The predicted octanol–water partition coefficient (Wildman–Crippen LogP) is 2.77. The Bertz CT molecular complexity index is 219. The summed E-state index contributed by atoms with van der Waals surface area (Å²) in [5, 5.41) is 0. The van der Waals surface area contributed by atoms with Crippen LogP contribution in [-0.4, -0.2) is 25.0 Å². The van der Waals surface area contributed by atoms with Gasteiger partial charge in [0.05, 0.1) is 7.11 Å². The molecule has 0 aliphatic carbocycles. The van der Waals surface area contributed by atoms with Crippen molar-refractivity contribution in [3.8, 4) is 0 Å². The molecule has 0 aromatic rings. The van der Waals surface area contributed by atoms with Gasteiger partial charge in [-0.15, -0.1) is 4.52 Å². The van der Waals surface area contributed by atoms with Crippen molar-refractivity contribution in [2.24, 2.45) is 0 Å². The Labute approximate surface area is 82.7 Å². The second kappa shape index (κ2) is 6.14. The molecule has 0 aliphatic heterocycles. The van der Waals surface area contributed by atoms with Gasteiger partial charge in [-0.05, 0) is 11.0 Å². The Hall–Kier alpha value is -0.410. The summed E-state index contributed by atoms with van der Waals surface area (Å²) in [5.41, 5.74) is 0. The largest absolute Gasteiger partial charge is 0.516 e. The molecule has 0 saturated heterocycles. The van der Waals surface area contributed by atoms with Crippen LogP contribution in [0.15, 0.2) is 0 Å². The minimum absolute atomic E-state index is 0.280. The van der Waals surface area contributed by atoms with Crippen LogP contribution < -0.4 is 0 Å². The second-order valence-corrected chi connectivity index (χ2v) is 4.25. The molecule has 0 spiro atoms. The van der Waals surface area contributed by atoms with E-state index < -0.39 is 32.3 Å². The van der Waals surface area contributed by atoms with Gasteiger partial charge in [-0.25, -0.2) is 0 Å². The predicted molar refractivity (Wildman–Crippen MR) is 49.0 cm³/mol. The molecule has 0 aromatic carbocycles. The van der Waals surface area contributed by atoms with Gasteiger partial charge in [-0.3, -0.25) is 4.79 Å². The van der Waals surface area contributed by atoms with Gasteiger partial charge < -0.3 is 0 Å². The van der Waals surface area contributed by atoms with Gasteiger partial charge >= 0.3 is 14.0 Å². The molecule has 1 atom stereocenters. The third kappa shape index (κ3) is 4.72. The van der Waals surface area contributed by atoms with E-state index in [-0.39, 0.29) is 6.42 Å². The summed E-state index contributed by atoms with van der Waals surface area (Å²) in [7, 11) is -1.16. The van der Waals surface area contributed by atoms with Crippen LogP contribution in [0.25, 0.3) is 0 Å². The molecule has 0 radical (unpaired) electrons. The molecular formula is C8H14F2O3P+. The molecule has 0 amide bonds. The van der Waals surface area contributed by atoms with E-state index in [1.807, 2.05) is 0 Å². The molecule has 0 aliphatic rings. The second-order valence-electron chi connectivity index (χ2n) is 2.90. The first-order chi connectivity index (χ1) is 6.44. The van der Waals surface area contributed by atoms with Crippen LogP contribution in [0.4, 0.5) is 8.78 Å². The maximum absolute atomic E-state index is 13.0. The lowest BCUT2D eigenvalue weighted by Gasteiger charge is -2.10. The van der Waals surface area contributed by atoms with Crippen LogP contribution in [0, 0.1) is 0 Å². The number of Topliss-reactive ketones (excluding diaryl/α,β-unsaturated/α-hetero) is 1. The fourth-order valence-electron chi connectivity index (χ4n) is 0.836. The molecule has 0 saturated carbocycles. The van der Waals surface area contributed by atoms with Crippen molar-refractivity contribution in [2.45, 2.75) is 32.1 Å². The summed E-state index contributed by atoms with van der Waals surface area (Å²) in [5.74, 6) is -4.66. The number of unbranched alkanes of at least 4 members (excludes halogenated alkanes) is 1. The first-order valence-corrected chi connectivity index (χ1v) is 5.70. The zero-order valence-corrected chi connectivity index (χ0v) is 9.15. The summed E-state index contributed by atoms with van der Waals surface area (Å²) >= 11 is 0. The summed E-state index contributed by atoms with van der Waals surface area (Å²) in [6.07, 6.45) is -0.306. The van der Waals surface area contributed by atoms with E-state index in [0.29, 0.717) is 6.42 Å². The molecule has 0 rings (SSSR count). The quantitative estimate of drug-likeness (QED) is 0.628. The van der Waals surface area contributed by atoms with Crippen LogP contribution in [0.2, 0.25) is 0 Å². The molecule has 14 heavy (non-hydrogen) atoms. The van der Waals surface area contributed by atoms with Crippen molar-refractivity contribution in [3.63, 3.8) is 0 Å². The molecule has 6 heteroatoms. The SMILES string of the molecule is CCCCC(F)(F)C(=O)C[P+](=O)OC. The van der Waals surface area contributed by atoms with Gasteiger partial charge in [0.15, 0.2) is 0 Å². The van der Waals surface area contributed by atoms with Crippen LogP contribution >= 0.6 is 8.03 Å². The summed E-state index contributed by atoms with van der Waals surface area (Å²) in [4.78, 5) is 10.9. The smallest absolute Gasteiger partial charge is 0.288 e. The number of carbonyl (C=O) groups excluding carboxylic acids is 1. The van der Waals surface area contributed by atoms with Crippen molar-refractivity contribution in [3.05, 3.63) is 0 Å². The van der Waals surface area contributed by atoms with Gasteiger partial charge in [0.25, 0.3) is 5.78 Å². The summed E-state index contributed by atoms with van der Waals surface area (Å²) in [6.45, 7) is 1.76. The standard InChI is InChI=1S/C8H14F2O3P/c1-3-4-5-8(9,10)7(11)6-14(12)13-2/h3-6H2,1-2H3/q+1. The topological polar surface area (TPSA) is 43.4 Å². The molecular weight excluding hydrogens is 213 g/mol. The Kier molecular flexibility index (Phi) is 5.96. The highest BCUT2D eigenvalue weighted by atomic mass is 31.1. The monoisotopic (exact) mass is 227 g/mol. The molecule has 1 unspecified atom stereocenters. The normalized spacial score (nSPS) is 12.7. The highest BCUT2D eigenvalue weighted by molar-refractivity contribution is 7.40. The first kappa shape index (κ1) is 13.6. The molecule has 0 heterocycles. The maximum atomic E-state index is 13.0. The van der Waals surface area contributed by atoms with E-state index in [2.05, 4.69) is 4.52 Å². The van der Waals surface area contributed by atoms with E-state index in [1.165, 1.54) is 0 Å².